The number of hydrogen-bond acceptors (Lipinski definition) is 4. The maximum absolute atomic E-state index is 5.30. The van der Waals surface area contributed by atoms with Crippen molar-refractivity contribution in [2.24, 2.45) is 4.99 Å². The third-order valence-electron chi connectivity index (χ3n) is 3.70. The molecular weight excluding hydrogens is 250 g/mol. The van der Waals surface area contributed by atoms with E-state index in [1.54, 1.807) is 7.11 Å². The van der Waals surface area contributed by atoms with Crippen LogP contribution in [0.25, 0.3) is 0 Å². The zero-order valence-electron chi connectivity index (χ0n) is 12.7. The average Bonchev–Trinajstić information content (AvgIpc) is 2.74. The van der Waals surface area contributed by atoms with Crippen LogP contribution in [0.4, 0.5) is 0 Å². The van der Waals surface area contributed by atoms with Crippen molar-refractivity contribution in [2.45, 2.75) is 32.1 Å². The minimum Gasteiger partial charge on any atom is -0.497 e. The molecule has 1 aromatic rings. The summed E-state index contributed by atoms with van der Waals surface area (Å²) in [5.41, 5.74) is 1.28. The molecule has 0 spiro atoms. The highest BCUT2D eigenvalue weighted by atomic mass is 16.5. The zero-order chi connectivity index (χ0) is 14.4. The summed E-state index contributed by atoms with van der Waals surface area (Å²) in [5.74, 6) is 1.83. The van der Waals surface area contributed by atoms with E-state index in [1.165, 1.54) is 12.0 Å². The van der Waals surface area contributed by atoms with E-state index in [0.717, 1.165) is 37.8 Å². The van der Waals surface area contributed by atoms with Gasteiger partial charge in [-0.1, -0.05) is 26.0 Å². The second-order valence-electron chi connectivity index (χ2n) is 5.83. The molecule has 0 aromatic heterocycles. The molecule has 0 aliphatic carbocycles. The first-order valence-electron chi connectivity index (χ1n) is 7.28. The number of nitrogens with zero attached hydrogens (tertiary/aromatic N) is 1. The lowest BCUT2D eigenvalue weighted by atomic mass is 9.84. The molecule has 1 heterocycles. The molecular formula is C16H25N3O. The lowest BCUT2D eigenvalue weighted by Crippen LogP contribution is -2.43. The molecule has 2 rings (SSSR count). The van der Waals surface area contributed by atoms with E-state index in [9.17, 15) is 0 Å². The van der Waals surface area contributed by atoms with Gasteiger partial charge in [0.25, 0.3) is 0 Å². The van der Waals surface area contributed by atoms with Crippen LogP contribution in [0, 0.1) is 0 Å². The van der Waals surface area contributed by atoms with Gasteiger partial charge >= 0.3 is 0 Å². The van der Waals surface area contributed by atoms with Gasteiger partial charge in [-0.15, -0.1) is 0 Å². The Morgan fingerprint density at radius 3 is 3.00 bits per heavy atom. The number of methoxy groups -OCH3 is 1. The Morgan fingerprint density at radius 2 is 2.20 bits per heavy atom. The van der Waals surface area contributed by atoms with Gasteiger partial charge in [0.15, 0.2) is 5.96 Å². The van der Waals surface area contributed by atoms with Crippen LogP contribution in [0.15, 0.2) is 29.3 Å². The van der Waals surface area contributed by atoms with Gasteiger partial charge in [0, 0.05) is 25.0 Å². The number of benzene rings is 1. The fourth-order valence-corrected chi connectivity index (χ4v) is 2.26. The summed E-state index contributed by atoms with van der Waals surface area (Å²) in [7, 11) is 1.70. The summed E-state index contributed by atoms with van der Waals surface area (Å²) < 4.78 is 5.30. The van der Waals surface area contributed by atoms with Gasteiger partial charge in [0.2, 0.25) is 0 Å². The van der Waals surface area contributed by atoms with Crippen LogP contribution in [0.3, 0.4) is 0 Å². The average molecular weight is 275 g/mol. The van der Waals surface area contributed by atoms with Crippen LogP contribution in [-0.2, 0) is 5.41 Å². The number of rotatable bonds is 4. The smallest absolute Gasteiger partial charge is 0.191 e. The van der Waals surface area contributed by atoms with E-state index >= 15 is 0 Å². The van der Waals surface area contributed by atoms with Crippen molar-refractivity contribution < 1.29 is 4.74 Å². The molecule has 1 aliphatic rings. The molecule has 0 bridgehead atoms. The molecule has 0 radical (unpaired) electrons. The van der Waals surface area contributed by atoms with Crippen molar-refractivity contribution in [1.82, 2.24) is 10.6 Å². The summed E-state index contributed by atoms with van der Waals surface area (Å²) in [6, 6.07) is 8.26. The standard InChI is InChI=1S/C16H25N3O/c1-16(2,13-7-6-8-14(11-13)20-3)12-19-15-17-9-4-5-10-18-15/h6-8,11H,4-5,9-10,12H2,1-3H3,(H2,17,18,19). The van der Waals surface area contributed by atoms with Crippen LogP contribution < -0.4 is 15.4 Å². The fraction of sp³-hybridized carbons (Fsp3) is 0.562. The normalized spacial score (nSPS) is 15.8. The first-order valence-corrected chi connectivity index (χ1v) is 7.28. The van der Waals surface area contributed by atoms with Gasteiger partial charge in [-0.2, -0.15) is 0 Å². The molecule has 4 heteroatoms. The van der Waals surface area contributed by atoms with E-state index in [-0.39, 0.29) is 5.41 Å². The molecule has 1 aliphatic heterocycles. The molecule has 0 unspecified atom stereocenters. The van der Waals surface area contributed by atoms with Gasteiger partial charge in [-0.3, -0.25) is 4.99 Å². The molecule has 2 N–H and O–H groups in total. The summed E-state index contributed by atoms with van der Waals surface area (Å²) in [5, 5.41) is 6.78. The number of nitrogens with one attached hydrogen (secondary N) is 2. The highest BCUT2D eigenvalue weighted by molar-refractivity contribution is 5.80. The van der Waals surface area contributed by atoms with Gasteiger partial charge < -0.3 is 15.4 Å². The van der Waals surface area contributed by atoms with Crippen molar-refractivity contribution in [3.63, 3.8) is 0 Å². The predicted octanol–water partition coefficient (Wildman–Crippen LogP) is 2.30. The molecule has 0 fully saturated rings. The summed E-state index contributed by atoms with van der Waals surface area (Å²) in [4.78, 5) is 4.52. The first-order chi connectivity index (χ1) is 9.62. The predicted molar refractivity (Wildman–Crippen MR) is 83.6 cm³/mol. The highest BCUT2D eigenvalue weighted by Gasteiger charge is 2.21. The van der Waals surface area contributed by atoms with Gasteiger partial charge in [0.05, 0.1) is 7.11 Å². The lowest BCUT2D eigenvalue weighted by Gasteiger charge is -2.27. The maximum Gasteiger partial charge on any atom is 0.191 e. The van der Waals surface area contributed by atoms with E-state index < -0.39 is 0 Å². The Labute approximate surface area is 121 Å². The second-order valence-corrected chi connectivity index (χ2v) is 5.83. The Bertz CT molecular complexity index is 469. The first kappa shape index (κ1) is 14.7. The summed E-state index contributed by atoms with van der Waals surface area (Å²) in [6.45, 7) is 7.21. The van der Waals surface area contributed by atoms with E-state index in [1.807, 2.05) is 12.1 Å². The number of hydrogen-bond donors (Lipinski definition) is 2. The molecule has 110 valence electrons. The van der Waals surface area contributed by atoms with Gasteiger partial charge in [-0.25, -0.2) is 0 Å². The van der Waals surface area contributed by atoms with E-state index in [2.05, 4.69) is 41.6 Å². The quantitative estimate of drug-likeness (QED) is 0.886. The largest absolute Gasteiger partial charge is 0.497 e. The molecule has 0 saturated carbocycles. The highest BCUT2D eigenvalue weighted by Crippen LogP contribution is 2.25. The minimum atomic E-state index is 0.0189. The molecule has 0 saturated heterocycles. The van der Waals surface area contributed by atoms with Crippen molar-refractivity contribution in [1.29, 1.82) is 0 Å². The Morgan fingerprint density at radius 1 is 1.35 bits per heavy atom. The minimum absolute atomic E-state index is 0.0189. The Hall–Kier alpha value is -1.71. The Kier molecular flexibility index (Phi) is 4.88. The molecule has 20 heavy (non-hydrogen) atoms. The van der Waals surface area contributed by atoms with Crippen LogP contribution in [-0.4, -0.2) is 32.7 Å². The van der Waals surface area contributed by atoms with Crippen molar-refractivity contribution in [2.75, 3.05) is 26.7 Å². The third kappa shape index (κ3) is 3.89. The summed E-state index contributed by atoms with van der Waals surface area (Å²) >= 11 is 0. The van der Waals surface area contributed by atoms with E-state index in [4.69, 9.17) is 4.74 Å². The lowest BCUT2D eigenvalue weighted by molar-refractivity contribution is 0.411. The number of aliphatic imine (C=N–C) groups is 1. The molecule has 0 atom stereocenters. The molecule has 0 amide bonds. The summed E-state index contributed by atoms with van der Waals surface area (Å²) in [6.07, 6.45) is 2.35. The van der Waals surface area contributed by atoms with Crippen LogP contribution in [0.2, 0.25) is 0 Å². The third-order valence-corrected chi connectivity index (χ3v) is 3.70. The topological polar surface area (TPSA) is 45.6 Å². The van der Waals surface area contributed by atoms with Crippen LogP contribution >= 0.6 is 0 Å². The monoisotopic (exact) mass is 275 g/mol. The zero-order valence-corrected chi connectivity index (χ0v) is 12.7. The second kappa shape index (κ2) is 6.64. The molecule has 1 aromatic carbocycles. The maximum atomic E-state index is 5.30. The van der Waals surface area contributed by atoms with Crippen molar-refractivity contribution in [3.05, 3.63) is 29.8 Å². The number of guanidine groups is 1. The van der Waals surface area contributed by atoms with Gasteiger partial charge in [0.1, 0.15) is 5.75 Å². The van der Waals surface area contributed by atoms with E-state index in [0.29, 0.717) is 0 Å². The Balaban J connectivity index is 2.00. The van der Waals surface area contributed by atoms with Crippen LogP contribution in [0.5, 0.6) is 5.75 Å². The van der Waals surface area contributed by atoms with Crippen molar-refractivity contribution >= 4 is 5.96 Å². The van der Waals surface area contributed by atoms with Gasteiger partial charge in [-0.05, 0) is 30.5 Å². The SMILES string of the molecule is COc1cccc(C(C)(C)CNC2=NCCCCN2)c1. The number of ether oxygens (including phenoxy) is 1. The molecule has 4 nitrogen and oxygen atoms in total. The van der Waals surface area contributed by atoms with Crippen LogP contribution in [0.1, 0.15) is 32.3 Å². The fourth-order valence-electron chi connectivity index (χ4n) is 2.26. The van der Waals surface area contributed by atoms with Crippen molar-refractivity contribution in [3.8, 4) is 5.75 Å².